The van der Waals surface area contributed by atoms with E-state index in [-0.39, 0.29) is 0 Å². The summed E-state index contributed by atoms with van der Waals surface area (Å²) < 4.78 is 1.07. The van der Waals surface area contributed by atoms with E-state index in [1.807, 2.05) is 12.1 Å². The number of carbonyl (C=O) groups is 1. The molecule has 3 nitrogen and oxygen atoms in total. The zero-order valence-electron chi connectivity index (χ0n) is 5.58. The molecule has 0 unspecified atom stereocenters. The van der Waals surface area contributed by atoms with Crippen LogP contribution in [0.5, 0.6) is 0 Å². The van der Waals surface area contributed by atoms with Crippen LogP contribution in [0, 0.1) is 3.57 Å². The number of hydrogen-bond acceptors (Lipinski definition) is 3. The highest BCUT2D eigenvalue weighted by Gasteiger charge is 2.03. The van der Waals surface area contributed by atoms with Gasteiger partial charge in [0.25, 0.3) is 0 Å². The van der Waals surface area contributed by atoms with Crippen molar-refractivity contribution in [2.24, 2.45) is 5.90 Å². The lowest BCUT2D eigenvalue weighted by atomic mass is 10.2. The van der Waals surface area contributed by atoms with Crippen LogP contribution in [0.15, 0.2) is 24.3 Å². The maximum atomic E-state index is 10.8. The van der Waals surface area contributed by atoms with E-state index in [1.165, 1.54) is 0 Å². The van der Waals surface area contributed by atoms with Crippen LogP contribution < -0.4 is 5.90 Å². The van der Waals surface area contributed by atoms with Gasteiger partial charge >= 0.3 is 5.97 Å². The maximum Gasteiger partial charge on any atom is 0.356 e. The minimum Gasteiger partial charge on any atom is -0.370 e. The van der Waals surface area contributed by atoms with Gasteiger partial charge in [-0.15, -0.1) is 0 Å². The first-order valence-electron chi connectivity index (χ1n) is 2.90. The SMILES string of the molecule is NOC(=O)c1ccc(I)cc1. The third-order valence-electron chi connectivity index (χ3n) is 1.19. The number of halogens is 1. The molecule has 0 aromatic heterocycles. The molecule has 4 heteroatoms. The van der Waals surface area contributed by atoms with E-state index in [4.69, 9.17) is 5.90 Å². The van der Waals surface area contributed by atoms with Crippen molar-refractivity contribution in [2.45, 2.75) is 0 Å². The van der Waals surface area contributed by atoms with Gasteiger partial charge in [-0.05, 0) is 46.9 Å². The summed E-state index contributed by atoms with van der Waals surface area (Å²) in [6, 6.07) is 6.95. The van der Waals surface area contributed by atoms with E-state index in [0.29, 0.717) is 5.56 Å². The molecule has 1 aromatic rings. The summed E-state index contributed by atoms with van der Waals surface area (Å²) in [6.07, 6.45) is 0. The lowest BCUT2D eigenvalue weighted by Gasteiger charge is -1.96. The van der Waals surface area contributed by atoms with Crippen molar-refractivity contribution in [3.05, 3.63) is 33.4 Å². The molecule has 58 valence electrons. The number of nitrogens with two attached hydrogens (primary N) is 1. The molecule has 0 heterocycles. The molecule has 0 amide bonds. The van der Waals surface area contributed by atoms with E-state index in [9.17, 15) is 4.79 Å². The molecule has 0 spiro atoms. The van der Waals surface area contributed by atoms with Gasteiger partial charge in [0.2, 0.25) is 0 Å². The van der Waals surface area contributed by atoms with E-state index >= 15 is 0 Å². The van der Waals surface area contributed by atoms with E-state index < -0.39 is 5.97 Å². The average Bonchev–Trinajstić information content (AvgIpc) is 2.05. The Morgan fingerprint density at radius 3 is 2.36 bits per heavy atom. The Hall–Kier alpha value is -0.620. The fraction of sp³-hybridized carbons (Fsp3) is 0. The van der Waals surface area contributed by atoms with Gasteiger partial charge in [0.15, 0.2) is 0 Å². The summed E-state index contributed by atoms with van der Waals surface area (Å²) in [6.45, 7) is 0. The molecule has 0 bridgehead atoms. The summed E-state index contributed by atoms with van der Waals surface area (Å²) in [5.74, 6) is 4.18. The summed E-state index contributed by atoms with van der Waals surface area (Å²) in [7, 11) is 0. The predicted molar refractivity (Wildman–Crippen MR) is 48.8 cm³/mol. The standard InChI is InChI=1S/C7H6INO2/c8-6-3-1-5(2-4-6)7(10)11-9/h1-4H,9H2. The van der Waals surface area contributed by atoms with E-state index in [0.717, 1.165) is 3.57 Å². The summed E-state index contributed by atoms with van der Waals surface area (Å²) >= 11 is 2.15. The van der Waals surface area contributed by atoms with E-state index in [1.54, 1.807) is 12.1 Å². The zero-order chi connectivity index (χ0) is 8.27. The molecule has 2 N–H and O–H groups in total. The number of rotatable bonds is 1. The molecule has 0 aliphatic heterocycles. The second-order valence-electron chi connectivity index (χ2n) is 1.91. The van der Waals surface area contributed by atoms with Crippen molar-refractivity contribution in [3.8, 4) is 0 Å². The highest BCUT2D eigenvalue weighted by molar-refractivity contribution is 14.1. The Labute approximate surface area is 77.6 Å². The third-order valence-corrected chi connectivity index (χ3v) is 1.91. The molecular formula is C7H6INO2. The maximum absolute atomic E-state index is 10.8. The monoisotopic (exact) mass is 263 g/mol. The Balaban J connectivity index is 2.90. The second kappa shape index (κ2) is 3.68. The van der Waals surface area contributed by atoms with Crippen LogP contribution in [0.25, 0.3) is 0 Å². The van der Waals surface area contributed by atoms with Gasteiger partial charge in [-0.2, -0.15) is 5.90 Å². The molecule has 0 aliphatic carbocycles. The highest BCUT2D eigenvalue weighted by atomic mass is 127. The van der Waals surface area contributed by atoms with Crippen LogP contribution in [0.2, 0.25) is 0 Å². The number of hydrogen-bond donors (Lipinski definition) is 1. The molecular weight excluding hydrogens is 257 g/mol. The van der Waals surface area contributed by atoms with E-state index in [2.05, 4.69) is 27.4 Å². The molecule has 0 radical (unpaired) electrons. The first kappa shape index (κ1) is 8.48. The minimum absolute atomic E-state index is 0.466. The molecule has 11 heavy (non-hydrogen) atoms. The van der Waals surface area contributed by atoms with Crippen molar-refractivity contribution in [1.29, 1.82) is 0 Å². The van der Waals surface area contributed by atoms with Crippen molar-refractivity contribution >= 4 is 28.6 Å². The van der Waals surface area contributed by atoms with Crippen LogP contribution in [-0.4, -0.2) is 5.97 Å². The average molecular weight is 263 g/mol. The van der Waals surface area contributed by atoms with Crippen molar-refractivity contribution in [3.63, 3.8) is 0 Å². The van der Waals surface area contributed by atoms with Crippen LogP contribution in [0.4, 0.5) is 0 Å². The van der Waals surface area contributed by atoms with Gasteiger partial charge in [0.1, 0.15) is 0 Å². The lowest BCUT2D eigenvalue weighted by Crippen LogP contribution is -2.09. The Kier molecular flexibility index (Phi) is 2.84. The number of benzene rings is 1. The van der Waals surface area contributed by atoms with Gasteiger partial charge in [-0.1, -0.05) is 0 Å². The summed E-state index contributed by atoms with van der Waals surface area (Å²) in [5.41, 5.74) is 0.466. The van der Waals surface area contributed by atoms with Gasteiger partial charge in [-0.25, -0.2) is 4.79 Å². The topological polar surface area (TPSA) is 52.3 Å². The molecule has 0 fully saturated rings. The van der Waals surface area contributed by atoms with Crippen LogP contribution in [0.3, 0.4) is 0 Å². The highest BCUT2D eigenvalue weighted by Crippen LogP contribution is 2.06. The van der Waals surface area contributed by atoms with Crippen LogP contribution in [-0.2, 0) is 4.84 Å². The predicted octanol–water partition coefficient (Wildman–Crippen LogP) is 1.32. The van der Waals surface area contributed by atoms with Gasteiger partial charge in [0.05, 0.1) is 5.56 Å². The van der Waals surface area contributed by atoms with Gasteiger partial charge in [-0.3, -0.25) is 0 Å². The largest absolute Gasteiger partial charge is 0.370 e. The minimum atomic E-state index is -0.513. The van der Waals surface area contributed by atoms with Crippen molar-refractivity contribution in [1.82, 2.24) is 0 Å². The Morgan fingerprint density at radius 2 is 1.91 bits per heavy atom. The molecule has 0 aliphatic rings. The van der Waals surface area contributed by atoms with Gasteiger partial charge < -0.3 is 4.84 Å². The van der Waals surface area contributed by atoms with Crippen molar-refractivity contribution < 1.29 is 9.63 Å². The third kappa shape index (κ3) is 2.16. The second-order valence-corrected chi connectivity index (χ2v) is 3.16. The van der Waals surface area contributed by atoms with Gasteiger partial charge in [0, 0.05) is 3.57 Å². The molecule has 1 rings (SSSR count). The fourth-order valence-corrected chi connectivity index (χ4v) is 1.01. The number of carbonyl (C=O) groups excluding carboxylic acids is 1. The molecule has 1 aromatic carbocycles. The molecule has 0 atom stereocenters. The first-order valence-corrected chi connectivity index (χ1v) is 3.98. The Morgan fingerprint density at radius 1 is 1.36 bits per heavy atom. The molecule has 0 saturated carbocycles. The van der Waals surface area contributed by atoms with Crippen LogP contribution >= 0.6 is 22.6 Å². The summed E-state index contributed by atoms with van der Waals surface area (Å²) in [5, 5.41) is 0. The normalized spacial score (nSPS) is 9.27. The molecule has 0 saturated heterocycles. The Bertz CT molecular complexity index is 258. The zero-order valence-corrected chi connectivity index (χ0v) is 7.74. The lowest BCUT2D eigenvalue weighted by molar-refractivity contribution is 0.0503. The first-order chi connectivity index (χ1) is 5.24. The smallest absolute Gasteiger partial charge is 0.356 e. The van der Waals surface area contributed by atoms with Crippen LogP contribution in [0.1, 0.15) is 10.4 Å². The summed E-state index contributed by atoms with van der Waals surface area (Å²) in [4.78, 5) is 14.8. The quantitative estimate of drug-likeness (QED) is 0.614. The fourth-order valence-electron chi connectivity index (χ4n) is 0.654. The van der Waals surface area contributed by atoms with Crippen molar-refractivity contribution in [2.75, 3.05) is 0 Å².